The van der Waals surface area contributed by atoms with Crippen LogP contribution in [0.3, 0.4) is 0 Å². The van der Waals surface area contributed by atoms with Gasteiger partial charge in [0.1, 0.15) is 0 Å². The molecule has 0 spiro atoms. The molecule has 1 aromatic carbocycles. The zero-order chi connectivity index (χ0) is 18.5. The molecule has 1 aliphatic rings. The first-order valence-corrected chi connectivity index (χ1v) is 9.62. The van der Waals surface area contributed by atoms with E-state index in [1.54, 1.807) is 0 Å². The van der Waals surface area contributed by atoms with Gasteiger partial charge >= 0.3 is 0 Å². The fourth-order valence-corrected chi connectivity index (χ4v) is 3.50. The van der Waals surface area contributed by atoms with Crippen LogP contribution in [0.5, 0.6) is 0 Å². The van der Waals surface area contributed by atoms with Crippen LogP contribution in [-0.2, 0) is 11.3 Å². The van der Waals surface area contributed by atoms with Crippen molar-refractivity contribution < 1.29 is 9.53 Å². The van der Waals surface area contributed by atoms with Gasteiger partial charge in [-0.1, -0.05) is 0 Å². The summed E-state index contributed by atoms with van der Waals surface area (Å²) in [4.78, 5) is 12.5. The minimum Gasteiger partial charge on any atom is -0.377 e. The minimum absolute atomic E-state index is 0.0529. The van der Waals surface area contributed by atoms with Gasteiger partial charge in [0.25, 0.3) is 5.91 Å². The molecule has 0 atom stereocenters. The molecule has 26 heavy (non-hydrogen) atoms. The molecule has 0 aliphatic carbocycles. The molecule has 3 rings (SSSR count). The highest BCUT2D eigenvalue weighted by Gasteiger charge is 2.16. The highest BCUT2D eigenvalue weighted by molar-refractivity contribution is 6.00. The molecule has 0 unspecified atom stereocenters. The number of aromatic nitrogens is 2. The van der Waals surface area contributed by atoms with Gasteiger partial charge in [0.05, 0.1) is 18.2 Å². The SMILES string of the molecule is Cc1c(C(=O)NCCOC(C)C)ccc2nn(CC3CCNCC3)cc12. The van der Waals surface area contributed by atoms with Gasteiger partial charge < -0.3 is 15.4 Å². The van der Waals surface area contributed by atoms with Gasteiger partial charge in [-0.3, -0.25) is 9.48 Å². The van der Waals surface area contributed by atoms with Crippen LogP contribution in [0.1, 0.15) is 42.6 Å². The van der Waals surface area contributed by atoms with Gasteiger partial charge in [-0.2, -0.15) is 5.10 Å². The summed E-state index contributed by atoms with van der Waals surface area (Å²) in [5, 5.41) is 12.1. The fraction of sp³-hybridized carbons (Fsp3) is 0.600. The third kappa shape index (κ3) is 4.62. The van der Waals surface area contributed by atoms with Crippen molar-refractivity contribution in [2.75, 3.05) is 26.2 Å². The smallest absolute Gasteiger partial charge is 0.251 e. The van der Waals surface area contributed by atoms with Crippen LogP contribution in [0.4, 0.5) is 0 Å². The Labute approximate surface area is 155 Å². The van der Waals surface area contributed by atoms with Crippen LogP contribution in [0.2, 0.25) is 0 Å². The van der Waals surface area contributed by atoms with E-state index < -0.39 is 0 Å². The number of rotatable bonds is 7. The van der Waals surface area contributed by atoms with Gasteiger partial charge in [0.2, 0.25) is 0 Å². The summed E-state index contributed by atoms with van der Waals surface area (Å²) in [6, 6.07) is 3.82. The molecule has 1 aromatic heterocycles. The molecule has 2 N–H and O–H groups in total. The van der Waals surface area contributed by atoms with E-state index in [-0.39, 0.29) is 12.0 Å². The average molecular weight is 358 g/mol. The molecule has 6 heteroatoms. The van der Waals surface area contributed by atoms with E-state index in [2.05, 4.69) is 16.8 Å². The van der Waals surface area contributed by atoms with Crippen LogP contribution < -0.4 is 10.6 Å². The van der Waals surface area contributed by atoms with Gasteiger partial charge in [0, 0.05) is 30.2 Å². The van der Waals surface area contributed by atoms with Crippen molar-refractivity contribution in [2.24, 2.45) is 5.92 Å². The zero-order valence-corrected chi connectivity index (χ0v) is 16.0. The number of carbonyl (C=O) groups excluding carboxylic acids is 1. The van der Waals surface area contributed by atoms with E-state index in [4.69, 9.17) is 9.84 Å². The minimum atomic E-state index is -0.0529. The second-order valence-corrected chi connectivity index (χ2v) is 7.39. The van der Waals surface area contributed by atoms with Gasteiger partial charge in [0.15, 0.2) is 0 Å². The third-order valence-corrected chi connectivity index (χ3v) is 4.99. The molecule has 1 saturated heterocycles. The number of ether oxygens (including phenoxy) is 1. The maximum Gasteiger partial charge on any atom is 0.251 e. The summed E-state index contributed by atoms with van der Waals surface area (Å²) < 4.78 is 7.52. The number of nitrogens with zero attached hydrogens (tertiary/aromatic N) is 2. The molecule has 142 valence electrons. The summed E-state index contributed by atoms with van der Waals surface area (Å²) >= 11 is 0. The fourth-order valence-electron chi connectivity index (χ4n) is 3.50. The Morgan fingerprint density at radius 1 is 1.38 bits per heavy atom. The highest BCUT2D eigenvalue weighted by Crippen LogP contribution is 2.22. The normalized spacial score (nSPS) is 15.7. The number of aryl methyl sites for hydroxylation is 1. The number of nitrogens with one attached hydrogen (secondary N) is 2. The first-order valence-electron chi connectivity index (χ1n) is 9.62. The number of benzene rings is 1. The van der Waals surface area contributed by atoms with Crippen LogP contribution in [0, 0.1) is 12.8 Å². The third-order valence-electron chi connectivity index (χ3n) is 4.99. The molecule has 0 radical (unpaired) electrons. The first-order chi connectivity index (χ1) is 12.5. The summed E-state index contributed by atoms with van der Waals surface area (Å²) in [5.74, 6) is 0.623. The Morgan fingerprint density at radius 2 is 2.15 bits per heavy atom. The number of hydrogen-bond acceptors (Lipinski definition) is 4. The van der Waals surface area contributed by atoms with Crippen LogP contribution >= 0.6 is 0 Å². The lowest BCUT2D eigenvalue weighted by molar-refractivity contribution is 0.0746. The lowest BCUT2D eigenvalue weighted by Crippen LogP contribution is -2.29. The maximum atomic E-state index is 12.5. The van der Waals surface area contributed by atoms with Crippen molar-refractivity contribution in [1.29, 1.82) is 0 Å². The lowest BCUT2D eigenvalue weighted by Gasteiger charge is -2.22. The van der Waals surface area contributed by atoms with E-state index in [1.165, 1.54) is 12.8 Å². The predicted molar refractivity (Wildman–Crippen MR) is 103 cm³/mol. The van der Waals surface area contributed by atoms with E-state index in [0.29, 0.717) is 24.6 Å². The van der Waals surface area contributed by atoms with Crippen molar-refractivity contribution in [2.45, 2.75) is 46.3 Å². The Bertz CT molecular complexity index is 748. The molecule has 1 aliphatic heterocycles. The van der Waals surface area contributed by atoms with Crippen LogP contribution in [0.15, 0.2) is 18.3 Å². The predicted octanol–water partition coefficient (Wildman–Crippen LogP) is 2.50. The first kappa shape index (κ1) is 18.9. The van der Waals surface area contributed by atoms with E-state index in [0.717, 1.165) is 36.1 Å². The largest absolute Gasteiger partial charge is 0.377 e. The quantitative estimate of drug-likeness (QED) is 0.746. The monoisotopic (exact) mass is 358 g/mol. The topological polar surface area (TPSA) is 68.2 Å². The molecule has 1 fully saturated rings. The Kier molecular flexibility index (Phi) is 6.27. The average Bonchev–Trinajstić information content (AvgIpc) is 3.03. The van der Waals surface area contributed by atoms with Crippen LogP contribution in [0.25, 0.3) is 10.9 Å². The number of amides is 1. The maximum absolute atomic E-state index is 12.5. The Balaban J connectivity index is 1.68. The molecular formula is C20H30N4O2. The lowest BCUT2D eigenvalue weighted by atomic mass is 9.98. The van der Waals surface area contributed by atoms with Gasteiger partial charge in [-0.15, -0.1) is 0 Å². The zero-order valence-electron chi connectivity index (χ0n) is 16.0. The molecular weight excluding hydrogens is 328 g/mol. The summed E-state index contributed by atoms with van der Waals surface area (Å²) in [7, 11) is 0. The standard InChI is InChI=1S/C20H30N4O2/c1-14(2)26-11-10-22-20(25)17-4-5-19-18(15(17)3)13-24(23-19)12-16-6-8-21-9-7-16/h4-5,13-14,16,21H,6-12H2,1-3H3,(H,22,25). The molecule has 6 nitrogen and oxygen atoms in total. The Morgan fingerprint density at radius 3 is 2.88 bits per heavy atom. The van der Waals surface area contributed by atoms with Crippen molar-refractivity contribution >= 4 is 16.8 Å². The highest BCUT2D eigenvalue weighted by atomic mass is 16.5. The van der Waals surface area contributed by atoms with Crippen molar-refractivity contribution in [3.63, 3.8) is 0 Å². The summed E-state index contributed by atoms with van der Waals surface area (Å²) in [6.07, 6.45) is 4.66. The molecule has 2 aromatic rings. The second kappa shape index (κ2) is 8.64. The molecule has 0 saturated carbocycles. The molecule has 2 heterocycles. The van der Waals surface area contributed by atoms with Gasteiger partial charge in [-0.05, 0) is 70.3 Å². The molecule has 0 bridgehead atoms. The van der Waals surface area contributed by atoms with Crippen molar-refractivity contribution in [3.05, 3.63) is 29.5 Å². The summed E-state index contributed by atoms with van der Waals surface area (Å²) in [6.45, 7) is 10.2. The molecule has 1 amide bonds. The Hall–Kier alpha value is -1.92. The summed E-state index contributed by atoms with van der Waals surface area (Å²) in [5.41, 5.74) is 2.65. The van der Waals surface area contributed by atoms with Gasteiger partial charge in [-0.25, -0.2) is 0 Å². The number of fused-ring (bicyclic) bond motifs is 1. The number of piperidine rings is 1. The van der Waals surface area contributed by atoms with Crippen LogP contribution in [-0.4, -0.2) is 48.0 Å². The number of hydrogen-bond donors (Lipinski definition) is 2. The van der Waals surface area contributed by atoms with E-state index in [9.17, 15) is 4.79 Å². The van der Waals surface area contributed by atoms with Crippen molar-refractivity contribution in [3.8, 4) is 0 Å². The van der Waals surface area contributed by atoms with E-state index in [1.807, 2.05) is 37.6 Å². The number of carbonyl (C=O) groups is 1. The van der Waals surface area contributed by atoms with E-state index >= 15 is 0 Å². The van der Waals surface area contributed by atoms with Crippen molar-refractivity contribution in [1.82, 2.24) is 20.4 Å². The second-order valence-electron chi connectivity index (χ2n) is 7.39.